The number of benzene rings is 2. The van der Waals surface area contributed by atoms with Gasteiger partial charge in [-0.2, -0.15) is 0 Å². The number of ether oxygens (including phenoxy) is 1. The fourth-order valence-electron chi connectivity index (χ4n) is 7.21. The summed E-state index contributed by atoms with van der Waals surface area (Å²) in [6.07, 6.45) is 3.44. The van der Waals surface area contributed by atoms with Crippen LogP contribution in [0.15, 0.2) is 60.7 Å². The molecule has 41 heavy (non-hydrogen) atoms. The van der Waals surface area contributed by atoms with Crippen LogP contribution >= 0.6 is 0 Å². The summed E-state index contributed by atoms with van der Waals surface area (Å²) in [5.41, 5.74) is -1.01. The quantitative estimate of drug-likeness (QED) is 0.344. The third-order valence-electron chi connectivity index (χ3n) is 8.96. The molecule has 0 amide bonds. The number of aliphatic hydroxyl groups is 1. The van der Waals surface area contributed by atoms with Crippen LogP contribution in [0, 0.1) is 12.3 Å². The van der Waals surface area contributed by atoms with Crippen LogP contribution in [-0.2, 0) is 18.0 Å². The van der Waals surface area contributed by atoms with Crippen LogP contribution in [0.25, 0.3) is 0 Å². The normalized spacial score (nSPS) is 28.9. The summed E-state index contributed by atoms with van der Waals surface area (Å²) < 4.78 is 28.3. The van der Waals surface area contributed by atoms with Gasteiger partial charge in [0.25, 0.3) is 8.32 Å². The van der Waals surface area contributed by atoms with Crippen LogP contribution in [0.5, 0.6) is 0 Å². The van der Waals surface area contributed by atoms with Crippen molar-refractivity contribution in [2.45, 2.75) is 121 Å². The summed E-state index contributed by atoms with van der Waals surface area (Å²) in [5.74, 6) is 2.74. The molecule has 4 rings (SSSR count). The van der Waals surface area contributed by atoms with E-state index in [1.165, 1.54) is 0 Å². The van der Waals surface area contributed by atoms with Gasteiger partial charge in [0.15, 0.2) is 0 Å². The van der Waals surface area contributed by atoms with E-state index >= 15 is 0 Å². The van der Waals surface area contributed by atoms with E-state index < -0.39 is 46.9 Å². The van der Waals surface area contributed by atoms with Gasteiger partial charge in [-0.1, -0.05) is 123 Å². The zero-order valence-electron chi connectivity index (χ0n) is 26.7. The van der Waals surface area contributed by atoms with Crippen molar-refractivity contribution >= 4 is 27.3 Å². The third kappa shape index (κ3) is 5.42. The number of terminal acetylenes is 1. The molecule has 2 saturated heterocycles. The molecule has 0 aromatic heterocycles. The minimum Gasteiger partial charge on any atom is -0.399 e. The fourth-order valence-corrected chi connectivity index (χ4v) is 16.9. The Morgan fingerprint density at radius 3 is 1.83 bits per heavy atom. The second-order valence-electron chi connectivity index (χ2n) is 15.1. The molecule has 2 aliphatic rings. The van der Waals surface area contributed by atoms with E-state index in [0.29, 0.717) is 6.61 Å². The second-order valence-corrected chi connectivity index (χ2v) is 24.1. The molecular weight excluding hydrogens is 545 g/mol. The Morgan fingerprint density at radius 1 is 0.927 bits per heavy atom. The van der Waals surface area contributed by atoms with Gasteiger partial charge >= 0.3 is 8.56 Å². The Morgan fingerprint density at radius 2 is 1.41 bits per heavy atom. The molecule has 0 radical (unpaired) electrons. The van der Waals surface area contributed by atoms with E-state index in [9.17, 15) is 5.11 Å². The monoisotopic (exact) mass is 594 g/mol. The number of aliphatic hydroxyl groups excluding tert-OH is 1. The van der Waals surface area contributed by atoms with Crippen LogP contribution in [0.3, 0.4) is 0 Å². The van der Waals surface area contributed by atoms with Crippen LogP contribution in [-0.4, -0.2) is 58.6 Å². The molecule has 224 valence electrons. The molecule has 0 saturated carbocycles. The standard InChI is InChI=1S/C34H50O5Si2/c1-12-23-34(11)30(35)29(28-27(37-34)24-36-41(39-28,32(5,6)7)33(8,9)10)38-40(31(2,3)4,25-19-15-13-16-20-25)26-21-17-14-18-22-26/h1,13-22,27-30,35H,23-24H2,2-11H3/t27-,28-,29+,30-,34+/m1/s1. The molecule has 2 heterocycles. The SMILES string of the molecule is C#CC[C@]1(C)O[C@@H]2CO[Si](C(C)(C)C)(C(C)(C)C)O[C@H]2[C@H](O[Si](c2ccccc2)(c2ccccc2)C(C)(C)C)[C@H]1O. The smallest absolute Gasteiger partial charge is 0.349 e. The molecule has 7 heteroatoms. The first-order valence-electron chi connectivity index (χ1n) is 14.8. The number of fused-ring (bicyclic) bond motifs is 1. The first-order chi connectivity index (χ1) is 18.9. The van der Waals surface area contributed by atoms with Gasteiger partial charge in [-0.15, -0.1) is 12.3 Å². The summed E-state index contributed by atoms with van der Waals surface area (Å²) in [6.45, 7) is 22.2. The molecule has 1 N–H and O–H groups in total. The molecule has 0 spiro atoms. The Labute approximate surface area is 250 Å². The lowest BCUT2D eigenvalue weighted by molar-refractivity contribution is -0.274. The molecule has 2 fully saturated rings. The van der Waals surface area contributed by atoms with Crippen LogP contribution in [0.4, 0.5) is 0 Å². The molecule has 0 unspecified atom stereocenters. The fraction of sp³-hybridized carbons (Fsp3) is 0.588. The highest BCUT2D eigenvalue weighted by atomic mass is 28.4. The molecule has 2 aromatic carbocycles. The van der Waals surface area contributed by atoms with Crippen molar-refractivity contribution in [3.63, 3.8) is 0 Å². The molecule has 0 bridgehead atoms. The van der Waals surface area contributed by atoms with Crippen molar-refractivity contribution in [2.75, 3.05) is 6.61 Å². The van der Waals surface area contributed by atoms with Gasteiger partial charge in [-0.3, -0.25) is 0 Å². The van der Waals surface area contributed by atoms with Crippen molar-refractivity contribution in [3.05, 3.63) is 60.7 Å². The maximum Gasteiger partial charge on any atom is 0.349 e. The second kappa shape index (κ2) is 11.1. The molecule has 5 nitrogen and oxygen atoms in total. The Bertz CT molecular complexity index is 1170. The first kappa shape index (κ1) is 32.2. The molecule has 2 aromatic rings. The minimum absolute atomic E-state index is 0.233. The molecular formula is C34H50O5Si2. The van der Waals surface area contributed by atoms with Gasteiger partial charge in [0.05, 0.1) is 6.61 Å². The van der Waals surface area contributed by atoms with Gasteiger partial charge in [0, 0.05) is 16.5 Å². The lowest BCUT2D eigenvalue weighted by atomic mass is 9.84. The van der Waals surface area contributed by atoms with E-state index in [4.69, 9.17) is 24.4 Å². The number of hydrogen-bond donors (Lipinski definition) is 1. The van der Waals surface area contributed by atoms with Crippen LogP contribution in [0.2, 0.25) is 15.1 Å². The van der Waals surface area contributed by atoms with E-state index in [2.05, 4.69) is 117 Å². The third-order valence-corrected chi connectivity index (χ3v) is 19.1. The Balaban J connectivity index is 1.95. The largest absolute Gasteiger partial charge is 0.399 e. The zero-order valence-corrected chi connectivity index (χ0v) is 28.7. The topological polar surface area (TPSA) is 57.2 Å². The predicted molar refractivity (Wildman–Crippen MR) is 171 cm³/mol. The number of rotatable bonds is 5. The molecule has 0 aliphatic carbocycles. The molecule has 2 aliphatic heterocycles. The summed E-state index contributed by atoms with van der Waals surface area (Å²) in [7, 11) is -5.96. The van der Waals surface area contributed by atoms with E-state index in [1.807, 2.05) is 19.1 Å². The van der Waals surface area contributed by atoms with Crippen molar-refractivity contribution < 1.29 is 23.1 Å². The van der Waals surface area contributed by atoms with Gasteiger partial charge in [0.1, 0.15) is 30.0 Å². The summed E-state index contributed by atoms with van der Waals surface area (Å²) >= 11 is 0. The summed E-state index contributed by atoms with van der Waals surface area (Å²) in [5, 5.41) is 13.8. The summed E-state index contributed by atoms with van der Waals surface area (Å²) in [4.78, 5) is 0. The maximum atomic E-state index is 12.2. The summed E-state index contributed by atoms with van der Waals surface area (Å²) in [6, 6.07) is 21.0. The highest BCUT2D eigenvalue weighted by Gasteiger charge is 2.67. The average molecular weight is 595 g/mol. The Kier molecular flexibility index (Phi) is 8.67. The number of hydrogen-bond acceptors (Lipinski definition) is 5. The van der Waals surface area contributed by atoms with Crippen molar-refractivity contribution in [3.8, 4) is 12.3 Å². The van der Waals surface area contributed by atoms with E-state index in [1.54, 1.807) is 0 Å². The first-order valence-corrected chi connectivity index (χ1v) is 18.6. The van der Waals surface area contributed by atoms with Gasteiger partial charge in [-0.25, -0.2) is 0 Å². The van der Waals surface area contributed by atoms with Crippen molar-refractivity contribution in [1.82, 2.24) is 0 Å². The van der Waals surface area contributed by atoms with Gasteiger partial charge < -0.3 is 23.1 Å². The van der Waals surface area contributed by atoms with Crippen molar-refractivity contribution in [2.24, 2.45) is 0 Å². The zero-order chi connectivity index (χ0) is 30.5. The van der Waals surface area contributed by atoms with Crippen LogP contribution < -0.4 is 10.4 Å². The van der Waals surface area contributed by atoms with Gasteiger partial charge in [-0.05, 0) is 22.3 Å². The lowest BCUT2D eigenvalue weighted by Crippen LogP contribution is -2.77. The highest BCUT2D eigenvalue weighted by molar-refractivity contribution is 6.99. The molecule has 5 atom stereocenters. The van der Waals surface area contributed by atoms with Gasteiger partial charge in [0.2, 0.25) is 0 Å². The van der Waals surface area contributed by atoms with Crippen LogP contribution in [0.1, 0.15) is 75.7 Å². The minimum atomic E-state index is -3.05. The Hall–Kier alpha value is -1.77. The highest BCUT2D eigenvalue weighted by Crippen LogP contribution is 2.56. The maximum absolute atomic E-state index is 12.2. The average Bonchev–Trinajstić information content (AvgIpc) is 2.88. The predicted octanol–water partition coefficient (Wildman–Crippen LogP) is 5.93. The lowest BCUT2D eigenvalue weighted by Gasteiger charge is -2.60. The van der Waals surface area contributed by atoms with Crippen molar-refractivity contribution in [1.29, 1.82) is 0 Å². The van der Waals surface area contributed by atoms with E-state index in [-0.39, 0.29) is 21.5 Å². The van der Waals surface area contributed by atoms with E-state index in [0.717, 1.165) is 10.4 Å².